The van der Waals surface area contributed by atoms with Crippen molar-refractivity contribution in [1.82, 2.24) is 4.98 Å². The molecule has 1 saturated carbocycles. The summed E-state index contributed by atoms with van der Waals surface area (Å²) in [5.41, 5.74) is 6.91. The molecule has 0 aromatic carbocycles. The average Bonchev–Trinajstić information content (AvgIpc) is 2.39. The molecule has 0 unspecified atom stereocenters. The molecule has 1 aromatic rings. The van der Waals surface area contributed by atoms with E-state index in [1.54, 1.807) is 0 Å². The van der Waals surface area contributed by atoms with Crippen molar-refractivity contribution in [3.05, 3.63) is 23.9 Å². The topological polar surface area (TPSA) is 50.9 Å². The molecule has 94 valence electrons. The van der Waals surface area contributed by atoms with Crippen molar-refractivity contribution in [2.75, 3.05) is 18.4 Å². The van der Waals surface area contributed by atoms with Crippen molar-refractivity contribution < 1.29 is 0 Å². The van der Waals surface area contributed by atoms with Crippen molar-refractivity contribution in [2.24, 2.45) is 17.6 Å². The van der Waals surface area contributed by atoms with Crippen LogP contribution >= 0.6 is 0 Å². The molecule has 3 nitrogen and oxygen atoms in total. The lowest BCUT2D eigenvalue weighted by atomic mass is 9.82. The average molecular weight is 233 g/mol. The van der Waals surface area contributed by atoms with Crippen LogP contribution in [0, 0.1) is 18.8 Å². The van der Waals surface area contributed by atoms with E-state index in [0.29, 0.717) is 0 Å². The first kappa shape index (κ1) is 12.4. The maximum atomic E-state index is 5.70. The SMILES string of the molecule is Cc1ccc(NCC2CCC(CN)CC2)nc1. The van der Waals surface area contributed by atoms with E-state index >= 15 is 0 Å². The monoisotopic (exact) mass is 233 g/mol. The van der Waals surface area contributed by atoms with Gasteiger partial charge in [0.1, 0.15) is 5.82 Å². The predicted molar refractivity (Wildman–Crippen MR) is 72.0 cm³/mol. The molecular weight excluding hydrogens is 210 g/mol. The van der Waals surface area contributed by atoms with Gasteiger partial charge >= 0.3 is 0 Å². The minimum Gasteiger partial charge on any atom is -0.370 e. The van der Waals surface area contributed by atoms with Gasteiger partial charge in [0.25, 0.3) is 0 Å². The highest BCUT2D eigenvalue weighted by Gasteiger charge is 2.19. The summed E-state index contributed by atoms with van der Waals surface area (Å²) >= 11 is 0. The second-order valence-corrected chi connectivity index (χ2v) is 5.22. The van der Waals surface area contributed by atoms with Gasteiger partial charge in [-0.1, -0.05) is 6.07 Å². The summed E-state index contributed by atoms with van der Waals surface area (Å²) in [4.78, 5) is 4.36. The third-order valence-corrected chi connectivity index (χ3v) is 3.78. The summed E-state index contributed by atoms with van der Waals surface area (Å²) in [6.07, 6.45) is 7.11. The van der Waals surface area contributed by atoms with E-state index in [9.17, 15) is 0 Å². The van der Waals surface area contributed by atoms with E-state index in [4.69, 9.17) is 5.73 Å². The van der Waals surface area contributed by atoms with E-state index in [2.05, 4.69) is 29.4 Å². The molecule has 0 aliphatic heterocycles. The van der Waals surface area contributed by atoms with Crippen LogP contribution in [0.4, 0.5) is 5.82 Å². The third-order valence-electron chi connectivity index (χ3n) is 3.78. The van der Waals surface area contributed by atoms with Crippen LogP contribution in [-0.4, -0.2) is 18.1 Å². The van der Waals surface area contributed by atoms with Crippen molar-refractivity contribution >= 4 is 5.82 Å². The standard InChI is InChI=1S/C14H23N3/c1-11-2-7-14(16-9-11)17-10-13-5-3-12(8-15)4-6-13/h2,7,9,12-13H,3-6,8,10,15H2,1H3,(H,16,17). The third kappa shape index (κ3) is 3.70. The smallest absolute Gasteiger partial charge is 0.125 e. The number of aryl methyl sites for hydroxylation is 1. The van der Waals surface area contributed by atoms with Gasteiger partial charge in [-0.15, -0.1) is 0 Å². The maximum Gasteiger partial charge on any atom is 0.125 e. The van der Waals surface area contributed by atoms with Gasteiger partial charge in [0.2, 0.25) is 0 Å². The molecule has 1 heterocycles. The van der Waals surface area contributed by atoms with Crippen LogP contribution in [0.15, 0.2) is 18.3 Å². The Morgan fingerprint density at radius 1 is 1.24 bits per heavy atom. The lowest BCUT2D eigenvalue weighted by Gasteiger charge is -2.27. The van der Waals surface area contributed by atoms with Crippen LogP contribution in [0.3, 0.4) is 0 Å². The van der Waals surface area contributed by atoms with Crippen LogP contribution in [0.5, 0.6) is 0 Å². The Labute approximate surface area is 104 Å². The largest absolute Gasteiger partial charge is 0.370 e. The van der Waals surface area contributed by atoms with Gasteiger partial charge < -0.3 is 11.1 Å². The van der Waals surface area contributed by atoms with Crippen molar-refractivity contribution in [2.45, 2.75) is 32.6 Å². The molecule has 3 N–H and O–H groups in total. The number of nitrogens with two attached hydrogens (primary N) is 1. The number of nitrogens with one attached hydrogen (secondary N) is 1. The second kappa shape index (κ2) is 6.01. The Balaban J connectivity index is 1.74. The molecule has 2 rings (SSSR count). The Kier molecular flexibility index (Phi) is 4.37. The molecule has 0 radical (unpaired) electrons. The Hall–Kier alpha value is -1.09. The normalized spacial score (nSPS) is 24.6. The zero-order valence-electron chi connectivity index (χ0n) is 10.7. The highest BCUT2D eigenvalue weighted by Crippen LogP contribution is 2.28. The van der Waals surface area contributed by atoms with Crippen molar-refractivity contribution in [1.29, 1.82) is 0 Å². The molecule has 0 spiro atoms. The van der Waals surface area contributed by atoms with Gasteiger partial charge in [-0.25, -0.2) is 4.98 Å². The number of anilines is 1. The van der Waals surface area contributed by atoms with Gasteiger partial charge in [0, 0.05) is 12.7 Å². The van der Waals surface area contributed by atoms with Crippen LogP contribution in [0.25, 0.3) is 0 Å². The van der Waals surface area contributed by atoms with Gasteiger partial charge in [-0.05, 0) is 62.6 Å². The van der Waals surface area contributed by atoms with E-state index in [1.165, 1.54) is 31.2 Å². The molecule has 1 aliphatic rings. The summed E-state index contributed by atoms with van der Waals surface area (Å²) < 4.78 is 0. The Bertz CT molecular complexity index is 326. The summed E-state index contributed by atoms with van der Waals surface area (Å²) in [5, 5.41) is 3.43. The van der Waals surface area contributed by atoms with Crippen molar-refractivity contribution in [3.63, 3.8) is 0 Å². The lowest BCUT2D eigenvalue weighted by Crippen LogP contribution is -2.25. The van der Waals surface area contributed by atoms with Crippen LogP contribution in [-0.2, 0) is 0 Å². The zero-order chi connectivity index (χ0) is 12.1. The molecule has 17 heavy (non-hydrogen) atoms. The first-order valence-corrected chi connectivity index (χ1v) is 6.64. The maximum absolute atomic E-state index is 5.70. The summed E-state index contributed by atoms with van der Waals surface area (Å²) in [7, 11) is 0. The number of rotatable bonds is 4. The fraction of sp³-hybridized carbons (Fsp3) is 0.643. The fourth-order valence-corrected chi connectivity index (χ4v) is 2.49. The quantitative estimate of drug-likeness (QED) is 0.840. The first-order chi connectivity index (χ1) is 8.28. The minimum atomic E-state index is 0.767. The molecule has 1 aromatic heterocycles. The number of hydrogen-bond donors (Lipinski definition) is 2. The van der Waals surface area contributed by atoms with Gasteiger partial charge in [-0.2, -0.15) is 0 Å². The van der Waals surface area contributed by atoms with E-state index < -0.39 is 0 Å². The molecule has 3 heteroatoms. The molecule has 0 amide bonds. The predicted octanol–water partition coefficient (Wildman–Crippen LogP) is 2.57. The zero-order valence-corrected chi connectivity index (χ0v) is 10.7. The van der Waals surface area contributed by atoms with E-state index in [1.807, 2.05) is 6.20 Å². The number of nitrogens with zero attached hydrogens (tertiary/aromatic N) is 1. The summed E-state index contributed by atoms with van der Waals surface area (Å²) in [5.74, 6) is 2.56. The first-order valence-electron chi connectivity index (χ1n) is 6.64. The highest BCUT2D eigenvalue weighted by atomic mass is 15.0. The van der Waals surface area contributed by atoms with Gasteiger partial charge in [0.05, 0.1) is 0 Å². The molecule has 1 fully saturated rings. The fourth-order valence-electron chi connectivity index (χ4n) is 2.49. The Morgan fingerprint density at radius 2 is 1.94 bits per heavy atom. The van der Waals surface area contributed by atoms with Crippen LogP contribution < -0.4 is 11.1 Å². The van der Waals surface area contributed by atoms with Crippen LogP contribution in [0.2, 0.25) is 0 Å². The molecule has 1 aliphatic carbocycles. The van der Waals surface area contributed by atoms with Crippen molar-refractivity contribution in [3.8, 4) is 0 Å². The summed E-state index contributed by atoms with van der Waals surface area (Å²) in [6, 6.07) is 4.15. The highest BCUT2D eigenvalue weighted by molar-refractivity contribution is 5.35. The number of pyridine rings is 1. The van der Waals surface area contributed by atoms with Gasteiger partial charge in [0.15, 0.2) is 0 Å². The number of aromatic nitrogens is 1. The molecular formula is C14H23N3. The minimum absolute atomic E-state index is 0.767. The lowest BCUT2D eigenvalue weighted by molar-refractivity contribution is 0.289. The number of hydrogen-bond acceptors (Lipinski definition) is 3. The summed E-state index contributed by atoms with van der Waals surface area (Å²) in [6.45, 7) is 3.97. The van der Waals surface area contributed by atoms with Crippen LogP contribution in [0.1, 0.15) is 31.2 Å². The molecule has 0 saturated heterocycles. The van der Waals surface area contributed by atoms with E-state index in [0.717, 1.165) is 30.7 Å². The second-order valence-electron chi connectivity index (χ2n) is 5.22. The Morgan fingerprint density at radius 3 is 2.53 bits per heavy atom. The molecule has 0 atom stereocenters. The van der Waals surface area contributed by atoms with Gasteiger partial charge in [-0.3, -0.25) is 0 Å². The molecule has 0 bridgehead atoms. The van der Waals surface area contributed by atoms with E-state index in [-0.39, 0.29) is 0 Å².